The van der Waals surface area contributed by atoms with Crippen molar-refractivity contribution in [2.24, 2.45) is 5.92 Å². The summed E-state index contributed by atoms with van der Waals surface area (Å²) >= 11 is 0. The van der Waals surface area contributed by atoms with Crippen molar-refractivity contribution in [3.05, 3.63) is 53.8 Å². The smallest absolute Gasteiger partial charge is 0.361 e. The number of ketones is 1. The Labute approximate surface area is 126 Å². The number of carbonyl (C=O) groups is 2. The minimum Gasteiger partial charge on any atom is -0.448 e. The van der Waals surface area contributed by atoms with Gasteiger partial charge >= 0.3 is 5.97 Å². The predicted octanol–water partition coefficient (Wildman–Crippen LogP) is 2.91. The van der Waals surface area contributed by atoms with Gasteiger partial charge in [-0.15, -0.1) is 0 Å². The van der Waals surface area contributed by atoms with Gasteiger partial charge in [-0.2, -0.15) is 0 Å². The summed E-state index contributed by atoms with van der Waals surface area (Å²) in [6, 6.07) is 10.4. The molecule has 1 aromatic carbocycles. The van der Waals surface area contributed by atoms with Crippen molar-refractivity contribution in [1.29, 1.82) is 0 Å². The summed E-state index contributed by atoms with van der Waals surface area (Å²) in [7, 11) is 0. The normalized spacial score (nSPS) is 20.6. The van der Waals surface area contributed by atoms with Crippen molar-refractivity contribution in [3.8, 4) is 0 Å². The second kappa shape index (κ2) is 5.63. The minimum absolute atomic E-state index is 0.268. The first-order valence-electron chi connectivity index (χ1n) is 6.88. The Morgan fingerprint density at radius 1 is 1.32 bits per heavy atom. The maximum absolute atomic E-state index is 12.3. The van der Waals surface area contributed by atoms with Crippen molar-refractivity contribution in [1.82, 2.24) is 0 Å². The van der Waals surface area contributed by atoms with Gasteiger partial charge in [0.25, 0.3) is 0 Å². The van der Waals surface area contributed by atoms with Gasteiger partial charge in [-0.05, 0) is 18.6 Å². The van der Waals surface area contributed by atoms with Crippen molar-refractivity contribution in [2.75, 3.05) is 4.90 Å². The molecule has 6 heteroatoms. The minimum atomic E-state index is -1.21. The van der Waals surface area contributed by atoms with E-state index in [0.717, 1.165) is 5.56 Å². The first kappa shape index (κ1) is 14.3. The number of carbonyl (C=O) groups excluding carboxylic acids is 2. The van der Waals surface area contributed by atoms with Crippen LogP contribution in [0.3, 0.4) is 0 Å². The Kier molecular flexibility index (Phi) is 3.66. The summed E-state index contributed by atoms with van der Waals surface area (Å²) in [6.07, 6.45) is 1.39. The Balaban J connectivity index is 2.00. The van der Waals surface area contributed by atoms with Gasteiger partial charge in [0.15, 0.2) is 5.78 Å². The van der Waals surface area contributed by atoms with E-state index in [1.54, 1.807) is 11.8 Å². The van der Waals surface area contributed by atoms with Gasteiger partial charge in [0.1, 0.15) is 5.92 Å². The van der Waals surface area contributed by atoms with Crippen LogP contribution in [0.15, 0.2) is 47.1 Å². The summed E-state index contributed by atoms with van der Waals surface area (Å²) < 4.78 is 17.7. The number of halogens is 1. The SMILES string of the molecule is CC1C(C(=O)OF)C(=O)c2ccoc2N1Cc1ccccc1. The average molecular weight is 303 g/mol. The third-order valence-electron chi connectivity index (χ3n) is 3.95. The lowest BCUT2D eigenvalue weighted by Crippen LogP contribution is -2.49. The van der Waals surface area contributed by atoms with Crippen LogP contribution in [0.5, 0.6) is 0 Å². The van der Waals surface area contributed by atoms with Crippen LogP contribution < -0.4 is 4.90 Å². The van der Waals surface area contributed by atoms with Gasteiger partial charge in [0, 0.05) is 11.1 Å². The molecule has 2 atom stereocenters. The molecule has 0 fully saturated rings. The molecule has 3 rings (SSSR count). The van der Waals surface area contributed by atoms with Crippen molar-refractivity contribution in [3.63, 3.8) is 0 Å². The molecule has 2 unspecified atom stereocenters. The summed E-state index contributed by atoms with van der Waals surface area (Å²) in [4.78, 5) is 29.0. The summed E-state index contributed by atoms with van der Waals surface area (Å²) in [5.74, 6) is -2.48. The molecule has 0 aliphatic carbocycles. The highest BCUT2D eigenvalue weighted by Gasteiger charge is 2.45. The van der Waals surface area contributed by atoms with Crippen LogP contribution in [0.1, 0.15) is 22.8 Å². The fraction of sp³-hybridized carbons (Fsp3) is 0.250. The third-order valence-corrected chi connectivity index (χ3v) is 3.95. The Hall–Kier alpha value is -2.63. The number of fused-ring (bicyclic) bond motifs is 1. The molecule has 22 heavy (non-hydrogen) atoms. The van der Waals surface area contributed by atoms with Crippen LogP contribution in [0.25, 0.3) is 0 Å². The number of rotatable bonds is 3. The second-order valence-electron chi connectivity index (χ2n) is 5.23. The van der Waals surface area contributed by atoms with Gasteiger partial charge in [-0.25, -0.2) is 4.79 Å². The Morgan fingerprint density at radius 3 is 2.73 bits per heavy atom. The van der Waals surface area contributed by atoms with E-state index in [1.165, 1.54) is 12.3 Å². The first-order chi connectivity index (χ1) is 10.6. The number of benzene rings is 1. The van der Waals surface area contributed by atoms with Crippen LogP contribution in [0, 0.1) is 5.92 Å². The lowest BCUT2D eigenvalue weighted by molar-refractivity contribution is -0.187. The second-order valence-corrected chi connectivity index (χ2v) is 5.23. The molecule has 0 bridgehead atoms. The first-order valence-corrected chi connectivity index (χ1v) is 6.88. The number of Topliss-reactive ketones (excluding diaryl/α,β-unsaturated/α-hetero) is 1. The molecular weight excluding hydrogens is 289 g/mol. The van der Waals surface area contributed by atoms with Gasteiger partial charge in [0.05, 0.1) is 17.9 Å². The molecule has 5 nitrogen and oxygen atoms in total. The maximum atomic E-state index is 12.3. The fourth-order valence-electron chi connectivity index (χ4n) is 2.81. The molecule has 1 aliphatic heterocycles. The van der Waals surface area contributed by atoms with E-state index in [-0.39, 0.29) is 5.56 Å². The van der Waals surface area contributed by atoms with Crippen LogP contribution in [-0.4, -0.2) is 17.8 Å². The summed E-state index contributed by atoms with van der Waals surface area (Å²) in [5.41, 5.74) is 1.25. The average Bonchev–Trinajstić information content (AvgIpc) is 3.02. The summed E-state index contributed by atoms with van der Waals surface area (Å²) in [5, 5.41) is 0. The molecule has 0 spiro atoms. The maximum Gasteiger partial charge on any atom is 0.361 e. The largest absolute Gasteiger partial charge is 0.448 e. The zero-order valence-corrected chi connectivity index (χ0v) is 11.9. The topological polar surface area (TPSA) is 59.8 Å². The van der Waals surface area contributed by atoms with E-state index >= 15 is 0 Å². The number of hydrogen-bond donors (Lipinski definition) is 0. The van der Waals surface area contributed by atoms with Crippen LogP contribution in [-0.2, 0) is 16.3 Å². The van der Waals surface area contributed by atoms with Crippen molar-refractivity contribution in [2.45, 2.75) is 19.5 Å². The van der Waals surface area contributed by atoms with E-state index in [2.05, 4.69) is 4.94 Å². The number of hydrogen-bond acceptors (Lipinski definition) is 5. The highest BCUT2D eigenvalue weighted by molar-refractivity contribution is 6.13. The van der Waals surface area contributed by atoms with Crippen LogP contribution >= 0.6 is 0 Å². The molecule has 2 aromatic rings. The summed E-state index contributed by atoms with van der Waals surface area (Å²) in [6.45, 7) is 2.11. The highest BCUT2D eigenvalue weighted by Crippen LogP contribution is 2.36. The molecule has 2 heterocycles. The van der Waals surface area contributed by atoms with Crippen molar-refractivity contribution >= 4 is 17.6 Å². The molecule has 1 aromatic heterocycles. The third kappa shape index (κ3) is 2.26. The lowest BCUT2D eigenvalue weighted by atomic mass is 9.87. The quantitative estimate of drug-likeness (QED) is 0.816. The fourth-order valence-corrected chi connectivity index (χ4v) is 2.81. The molecule has 0 saturated heterocycles. The van der Waals surface area contributed by atoms with Crippen LogP contribution in [0.2, 0.25) is 0 Å². The van der Waals surface area contributed by atoms with E-state index < -0.39 is 23.7 Å². The molecule has 1 aliphatic rings. The highest BCUT2D eigenvalue weighted by atomic mass is 19.3. The van der Waals surface area contributed by atoms with E-state index in [4.69, 9.17) is 4.42 Å². The zero-order valence-electron chi connectivity index (χ0n) is 11.9. The van der Waals surface area contributed by atoms with E-state index in [9.17, 15) is 14.1 Å². The zero-order chi connectivity index (χ0) is 15.7. The van der Waals surface area contributed by atoms with Gasteiger partial charge in [-0.3, -0.25) is 9.74 Å². The number of furan rings is 1. The molecule has 0 radical (unpaired) electrons. The molecule has 114 valence electrons. The number of nitrogens with zero attached hydrogens (tertiary/aromatic N) is 1. The van der Waals surface area contributed by atoms with E-state index in [1.807, 2.05) is 30.3 Å². The monoisotopic (exact) mass is 303 g/mol. The Morgan fingerprint density at radius 2 is 2.05 bits per heavy atom. The molecular formula is C16H14FNO4. The standard InChI is InChI=1S/C16H14FNO4/c1-10-13(16(20)22-17)14(19)12-7-8-21-15(12)18(10)9-11-5-3-2-4-6-11/h2-8,10,13H,9H2,1H3. The number of anilines is 1. The lowest BCUT2D eigenvalue weighted by Gasteiger charge is -2.36. The van der Waals surface area contributed by atoms with Crippen LogP contribution in [0.4, 0.5) is 10.4 Å². The molecule has 0 N–H and O–H groups in total. The van der Waals surface area contributed by atoms with Gasteiger partial charge < -0.3 is 9.32 Å². The predicted molar refractivity (Wildman–Crippen MR) is 75.8 cm³/mol. The van der Waals surface area contributed by atoms with Gasteiger partial charge in [0.2, 0.25) is 5.88 Å². The van der Waals surface area contributed by atoms with E-state index in [0.29, 0.717) is 12.4 Å². The van der Waals surface area contributed by atoms with Crippen molar-refractivity contribution < 1.29 is 23.5 Å². The molecule has 0 saturated carbocycles. The Bertz CT molecular complexity index is 697. The molecule has 0 amide bonds. The van der Waals surface area contributed by atoms with Gasteiger partial charge in [-0.1, -0.05) is 30.3 Å².